The summed E-state index contributed by atoms with van der Waals surface area (Å²) in [4.78, 5) is 36.3. The highest BCUT2D eigenvalue weighted by Gasteiger charge is 2.35. The van der Waals surface area contributed by atoms with Gasteiger partial charge in [0.1, 0.15) is 5.75 Å². The number of hydrogen-bond acceptors (Lipinski definition) is 6. The van der Waals surface area contributed by atoms with Crippen molar-refractivity contribution in [1.82, 2.24) is 4.90 Å². The van der Waals surface area contributed by atoms with Crippen LogP contribution in [-0.2, 0) is 11.3 Å². The van der Waals surface area contributed by atoms with Crippen LogP contribution in [-0.4, -0.2) is 28.1 Å². The lowest BCUT2D eigenvalue weighted by molar-refractivity contribution is -0.384. The van der Waals surface area contributed by atoms with Crippen LogP contribution in [0.25, 0.3) is 6.08 Å². The summed E-state index contributed by atoms with van der Waals surface area (Å²) in [7, 11) is 1.57. The van der Waals surface area contributed by atoms with Gasteiger partial charge in [0, 0.05) is 12.1 Å². The van der Waals surface area contributed by atoms with Crippen LogP contribution in [0.15, 0.2) is 53.4 Å². The quantitative estimate of drug-likeness (QED) is 0.451. The average molecular weight is 370 g/mol. The number of benzene rings is 2. The Labute approximate surface area is 153 Å². The number of carbonyl (C=O) groups is 2. The number of non-ortho nitro benzene ring substituents is 1. The van der Waals surface area contributed by atoms with Gasteiger partial charge in [0.15, 0.2) is 0 Å². The van der Waals surface area contributed by atoms with Gasteiger partial charge in [-0.05, 0) is 41.1 Å². The zero-order valence-electron chi connectivity index (χ0n) is 13.7. The summed E-state index contributed by atoms with van der Waals surface area (Å²) in [6.07, 6.45) is 1.65. The van der Waals surface area contributed by atoms with Gasteiger partial charge in [-0.15, -0.1) is 0 Å². The molecule has 1 fully saturated rings. The number of thioether (sulfide) groups is 1. The van der Waals surface area contributed by atoms with Crippen molar-refractivity contribution in [3.05, 3.63) is 74.7 Å². The minimum Gasteiger partial charge on any atom is -0.497 e. The Morgan fingerprint density at radius 1 is 1.12 bits per heavy atom. The van der Waals surface area contributed by atoms with E-state index in [0.717, 1.165) is 22.2 Å². The summed E-state index contributed by atoms with van der Waals surface area (Å²) in [5, 5.41) is 10.3. The van der Waals surface area contributed by atoms with Gasteiger partial charge in [0.2, 0.25) is 0 Å². The molecule has 0 saturated carbocycles. The Balaban J connectivity index is 1.75. The molecule has 1 saturated heterocycles. The third-order valence-corrected chi connectivity index (χ3v) is 4.68. The predicted octanol–water partition coefficient (Wildman–Crippen LogP) is 3.84. The summed E-state index contributed by atoms with van der Waals surface area (Å²) in [6, 6.07) is 12.9. The lowest BCUT2D eigenvalue weighted by Crippen LogP contribution is -2.27. The normalized spacial score (nSPS) is 15.6. The molecule has 2 amide bonds. The van der Waals surface area contributed by atoms with Crippen LogP contribution in [0.1, 0.15) is 11.1 Å². The maximum absolute atomic E-state index is 12.5. The Hall–Kier alpha value is -3.13. The number of ether oxygens (including phenoxy) is 1. The van der Waals surface area contributed by atoms with Gasteiger partial charge < -0.3 is 4.74 Å². The first-order valence-electron chi connectivity index (χ1n) is 7.60. The van der Waals surface area contributed by atoms with Gasteiger partial charge in [-0.25, -0.2) is 0 Å². The summed E-state index contributed by atoms with van der Waals surface area (Å²) in [5.41, 5.74) is 1.39. The number of nitro groups is 1. The highest BCUT2D eigenvalue weighted by atomic mass is 32.2. The van der Waals surface area contributed by atoms with Crippen molar-refractivity contribution in [2.75, 3.05) is 7.11 Å². The van der Waals surface area contributed by atoms with E-state index in [0.29, 0.717) is 16.2 Å². The van der Waals surface area contributed by atoms with Gasteiger partial charge in [-0.3, -0.25) is 24.6 Å². The number of nitro benzene ring substituents is 1. The number of hydrogen-bond donors (Lipinski definition) is 0. The molecule has 1 heterocycles. The molecular formula is C18H14N2O5S. The fraction of sp³-hybridized carbons (Fsp3) is 0.111. The highest BCUT2D eigenvalue weighted by Crippen LogP contribution is 2.33. The molecule has 0 spiro atoms. The molecule has 0 N–H and O–H groups in total. The minimum atomic E-state index is -0.499. The fourth-order valence-electron chi connectivity index (χ4n) is 2.39. The zero-order valence-corrected chi connectivity index (χ0v) is 14.6. The van der Waals surface area contributed by atoms with Gasteiger partial charge in [0.25, 0.3) is 16.8 Å². The van der Waals surface area contributed by atoms with E-state index >= 15 is 0 Å². The molecule has 7 nitrogen and oxygen atoms in total. The second kappa shape index (κ2) is 7.40. The Morgan fingerprint density at radius 2 is 1.77 bits per heavy atom. The number of carbonyl (C=O) groups excluding carboxylic acids is 2. The van der Waals surface area contributed by atoms with Crippen molar-refractivity contribution in [3.63, 3.8) is 0 Å². The summed E-state index contributed by atoms with van der Waals surface area (Å²) >= 11 is 0.873. The van der Waals surface area contributed by atoms with Crippen LogP contribution in [0.5, 0.6) is 5.75 Å². The van der Waals surface area contributed by atoms with E-state index in [4.69, 9.17) is 4.74 Å². The second-order valence-corrected chi connectivity index (χ2v) is 6.46. The maximum Gasteiger partial charge on any atom is 0.293 e. The molecule has 0 aromatic heterocycles. The van der Waals surface area contributed by atoms with E-state index < -0.39 is 4.92 Å². The lowest BCUT2D eigenvalue weighted by Gasteiger charge is -2.12. The van der Waals surface area contributed by atoms with Crippen LogP contribution in [0.2, 0.25) is 0 Å². The summed E-state index contributed by atoms with van der Waals surface area (Å²) < 4.78 is 5.09. The number of rotatable bonds is 5. The fourth-order valence-corrected chi connectivity index (χ4v) is 3.23. The first kappa shape index (κ1) is 17.7. The molecule has 8 heteroatoms. The van der Waals surface area contributed by atoms with Crippen LogP contribution in [0, 0.1) is 10.1 Å². The molecule has 132 valence electrons. The number of nitrogens with zero attached hydrogens (tertiary/aromatic N) is 2. The Bertz CT molecular complexity index is 891. The summed E-state index contributed by atoms with van der Waals surface area (Å²) in [5.74, 6) is 0.322. The molecule has 2 aromatic carbocycles. The SMILES string of the molecule is COc1ccc(C=C2SC(=O)N(Cc3ccc([N+](=O)[O-])cc3)C2=O)cc1. The largest absolute Gasteiger partial charge is 0.497 e. The smallest absolute Gasteiger partial charge is 0.293 e. The van der Waals surface area contributed by atoms with Crippen molar-refractivity contribution >= 4 is 34.7 Å². The van der Waals surface area contributed by atoms with E-state index in [-0.39, 0.29) is 23.4 Å². The highest BCUT2D eigenvalue weighted by molar-refractivity contribution is 8.18. The third-order valence-electron chi connectivity index (χ3n) is 3.78. The Kier molecular flexibility index (Phi) is 5.04. The van der Waals surface area contributed by atoms with Crippen molar-refractivity contribution in [3.8, 4) is 5.75 Å². The summed E-state index contributed by atoms with van der Waals surface area (Å²) in [6.45, 7) is 0.0720. The van der Waals surface area contributed by atoms with E-state index in [1.807, 2.05) is 0 Å². The topological polar surface area (TPSA) is 89.8 Å². The molecule has 3 rings (SSSR count). The van der Waals surface area contributed by atoms with Crippen molar-refractivity contribution in [2.24, 2.45) is 0 Å². The first-order valence-corrected chi connectivity index (χ1v) is 8.42. The average Bonchev–Trinajstić information content (AvgIpc) is 2.90. The molecule has 26 heavy (non-hydrogen) atoms. The minimum absolute atomic E-state index is 0.0395. The predicted molar refractivity (Wildman–Crippen MR) is 97.6 cm³/mol. The maximum atomic E-state index is 12.5. The molecule has 0 unspecified atom stereocenters. The van der Waals surface area contributed by atoms with Crippen LogP contribution in [0.3, 0.4) is 0 Å². The zero-order chi connectivity index (χ0) is 18.7. The number of methoxy groups -OCH3 is 1. The standard InChI is InChI=1S/C18H14N2O5S/c1-25-15-8-4-12(5-9-15)10-16-17(21)19(18(22)26-16)11-13-2-6-14(7-3-13)20(23)24/h2-10H,11H2,1H3. The van der Waals surface area contributed by atoms with Crippen molar-refractivity contribution in [2.45, 2.75) is 6.54 Å². The van der Waals surface area contributed by atoms with Crippen molar-refractivity contribution in [1.29, 1.82) is 0 Å². The van der Waals surface area contributed by atoms with E-state index in [2.05, 4.69) is 0 Å². The molecule has 0 aliphatic carbocycles. The van der Waals surface area contributed by atoms with E-state index in [1.165, 1.54) is 24.3 Å². The number of amides is 2. The molecule has 0 bridgehead atoms. The molecule has 0 radical (unpaired) electrons. The Morgan fingerprint density at radius 3 is 2.35 bits per heavy atom. The lowest BCUT2D eigenvalue weighted by atomic mass is 10.2. The molecule has 1 aliphatic heterocycles. The third kappa shape index (κ3) is 3.75. The van der Waals surface area contributed by atoms with Gasteiger partial charge in [-0.2, -0.15) is 0 Å². The van der Waals surface area contributed by atoms with E-state index in [9.17, 15) is 19.7 Å². The molecule has 1 aliphatic rings. The van der Waals surface area contributed by atoms with Crippen LogP contribution < -0.4 is 4.74 Å². The molecule has 2 aromatic rings. The van der Waals surface area contributed by atoms with Crippen LogP contribution in [0.4, 0.5) is 10.5 Å². The number of imide groups is 1. The monoisotopic (exact) mass is 370 g/mol. The van der Waals surface area contributed by atoms with Crippen LogP contribution >= 0.6 is 11.8 Å². The van der Waals surface area contributed by atoms with Gasteiger partial charge in [0.05, 0.1) is 23.5 Å². The molecule has 0 atom stereocenters. The first-order chi connectivity index (χ1) is 12.5. The molecular weight excluding hydrogens is 356 g/mol. The van der Waals surface area contributed by atoms with Gasteiger partial charge in [-0.1, -0.05) is 24.3 Å². The second-order valence-electron chi connectivity index (χ2n) is 5.46. The van der Waals surface area contributed by atoms with Crippen molar-refractivity contribution < 1.29 is 19.2 Å². The van der Waals surface area contributed by atoms with Gasteiger partial charge >= 0.3 is 0 Å². The van der Waals surface area contributed by atoms with E-state index in [1.54, 1.807) is 37.5 Å².